The molecule has 0 unspecified atom stereocenters. The zero-order valence-corrected chi connectivity index (χ0v) is 9.94. The topological polar surface area (TPSA) is 40.5 Å². The van der Waals surface area contributed by atoms with Crippen molar-refractivity contribution in [2.75, 3.05) is 19.6 Å². The quantitative estimate of drug-likeness (QED) is 0.749. The third-order valence-electron chi connectivity index (χ3n) is 2.74. The number of phenolic OH excluding ortho intramolecular Hbond substituents is 1. The highest BCUT2D eigenvalue weighted by Crippen LogP contribution is 2.11. The van der Waals surface area contributed by atoms with E-state index in [2.05, 4.69) is 18.7 Å². The number of carbonyl (C=O) groups excluding carboxylic acids is 1. The third kappa shape index (κ3) is 3.66. The van der Waals surface area contributed by atoms with Crippen molar-refractivity contribution >= 4 is 5.78 Å². The van der Waals surface area contributed by atoms with Crippen LogP contribution in [0.4, 0.5) is 0 Å². The van der Waals surface area contributed by atoms with Crippen molar-refractivity contribution in [2.24, 2.45) is 0 Å². The molecule has 0 aliphatic heterocycles. The first-order valence-electron chi connectivity index (χ1n) is 5.72. The van der Waals surface area contributed by atoms with Crippen LogP contribution in [0, 0.1) is 0 Å². The molecule has 3 heteroatoms. The van der Waals surface area contributed by atoms with Gasteiger partial charge in [-0.1, -0.05) is 13.8 Å². The molecule has 0 aliphatic rings. The number of carbonyl (C=O) groups is 1. The fourth-order valence-electron chi connectivity index (χ4n) is 1.59. The first kappa shape index (κ1) is 12.7. The number of ketones is 1. The van der Waals surface area contributed by atoms with Gasteiger partial charge in [-0.3, -0.25) is 4.79 Å². The smallest absolute Gasteiger partial charge is 0.164 e. The molecule has 0 heterocycles. The van der Waals surface area contributed by atoms with Crippen molar-refractivity contribution in [3.63, 3.8) is 0 Å². The highest BCUT2D eigenvalue weighted by Gasteiger charge is 2.07. The summed E-state index contributed by atoms with van der Waals surface area (Å²) >= 11 is 0. The molecule has 0 spiro atoms. The van der Waals surface area contributed by atoms with E-state index >= 15 is 0 Å². The number of Topliss-reactive ketones (excluding diaryl/α,β-unsaturated/α-hetero) is 1. The summed E-state index contributed by atoms with van der Waals surface area (Å²) in [5.74, 6) is 0.326. The first-order chi connectivity index (χ1) is 7.67. The van der Waals surface area contributed by atoms with E-state index in [9.17, 15) is 4.79 Å². The number of benzene rings is 1. The fraction of sp³-hybridized carbons (Fsp3) is 0.462. The molecule has 0 fully saturated rings. The molecule has 0 aromatic heterocycles. The van der Waals surface area contributed by atoms with Crippen LogP contribution in [0.1, 0.15) is 30.6 Å². The predicted octanol–water partition coefficient (Wildman–Crippen LogP) is 2.31. The Hall–Kier alpha value is -1.35. The van der Waals surface area contributed by atoms with Crippen molar-refractivity contribution in [3.05, 3.63) is 29.8 Å². The lowest BCUT2D eigenvalue weighted by Crippen LogP contribution is -2.25. The summed E-state index contributed by atoms with van der Waals surface area (Å²) in [5, 5.41) is 9.11. The number of hydrogen-bond donors (Lipinski definition) is 1. The molecule has 0 aliphatic carbocycles. The van der Waals surface area contributed by atoms with Gasteiger partial charge in [0.15, 0.2) is 5.78 Å². The minimum Gasteiger partial charge on any atom is -0.508 e. The van der Waals surface area contributed by atoms with Gasteiger partial charge in [-0.15, -0.1) is 0 Å². The second kappa shape index (κ2) is 6.28. The number of aromatic hydroxyl groups is 1. The van der Waals surface area contributed by atoms with Gasteiger partial charge < -0.3 is 10.0 Å². The minimum atomic E-state index is 0.131. The van der Waals surface area contributed by atoms with Crippen LogP contribution >= 0.6 is 0 Å². The summed E-state index contributed by atoms with van der Waals surface area (Å²) < 4.78 is 0. The summed E-state index contributed by atoms with van der Waals surface area (Å²) in [4.78, 5) is 14.0. The van der Waals surface area contributed by atoms with Crippen molar-refractivity contribution in [3.8, 4) is 5.75 Å². The van der Waals surface area contributed by atoms with Crippen molar-refractivity contribution in [1.82, 2.24) is 4.90 Å². The van der Waals surface area contributed by atoms with Crippen LogP contribution in [-0.2, 0) is 0 Å². The van der Waals surface area contributed by atoms with E-state index in [0.717, 1.165) is 19.6 Å². The second-order valence-electron chi connectivity index (χ2n) is 3.75. The first-order valence-corrected chi connectivity index (χ1v) is 5.72. The fourth-order valence-corrected chi connectivity index (χ4v) is 1.59. The summed E-state index contributed by atoms with van der Waals surface area (Å²) in [6.07, 6.45) is 0.534. The Labute approximate surface area is 96.7 Å². The normalized spacial score (nSPS) is 10.7. The van der Waals surface area contributed by atoms with Crippen LogP contribution in [0.5, 0.6) is 5.75 Å². The zero-order chi connectivity index (χ0) is 12.0. The van der Waals surface area contributed by atoms with Crippen LogP contribution in [0.25, 0.3) is 0 Å². The highest BCUT2D eigenvalue weighted by atomic mass is 16.3. The molecule has 0 saturated heterocycles. The van der Waals surface area contributed by atoms with E-state index in [1.165, 1.54) is 0 Å². The van der Waals surface area contributed by atoms with Gasteiger partial charge in [0.2, 0.25) is 0 Å². The Bertz CT molecular complexity index is 328. The van der Waals surface area contributed by atoms with Gasteiger partial charge >= 0.3 is 0 Å². The van der Waals surface area contributed by atoms with Gasteiger partial charge in [-0.25, -0.2) is 0 Å². The number of rotatable bonds is 6. The van der Waals surface area contributed by atoms with E-state index in [1.54, 1.807) is 24.3 Å². The lowest BCUT2D eigenvalue weighted by Gasteiger charge is -2.16. The Morgan fingerprint density at radius 2 is 1.75 bits per heavy atom. The maximum Gasteiger partial charge on any atom is 0.164 e. The van der Waals surface area contributed by atoms with Crippen molar-refractivity contribution in [2.45, 2.75) is 20.3 Å². The van der Waals surface area contributed by atoms with E-state index in [-0.39, 0.29) is 11.5 Å². The van der Waals surface area contributed by atoms with Gasteiger partial charge in [0.1, 0.15) is 5.75 Å². The third-order valence-corrected chi connectivity index (χ3v) is 2.74. The van der Waals surface area contributed by atoms with E-state index in [0.29, 0.717) is 12.0 Å². The van der Waals surface area contributed by atoms with Crippen LogP contribution in [0.15, 0.2) is 24.3 Å². The van der Waals surface area contributed by atoms with Gasteiger partial charge in [0, 0.05) is 18.5 Å². The molecule has 1 aromatic rings. The van der Waals surface area contributed by atoms with Gasteiger partial charge in [-0.05, 0) is 37.4 Å². The molecule has 1 N–H and O–H groups in total. The molecule has 3 nitrogen and oxygen atoms in total. The maximum absolute atomic E-state index is 11.8. The monoisotopic (exact) mass is 221 g/mol. The molecule has 0 saturated carbocycles. The molecule has 0 bridgehead atoms. The average molecular weight is 221 g/mol. The van der Waals surface area contributed by atoms with Crippen LogP contribution in [-0.4, -0.2) is 35.4 Å². The minimum absolute atomic E-state index is 0.131. The molecule has 1 rings (SSSR count). The Balaban J connectivity index is 2.49. The van der Waals surface area contributed by atoms with Crippen LogP contribution < -0.4 is 0 Å². The van der Waals surface area contributed by atoms with Gasteiger partial charge in [0.25, 0.3) is 0 Å². The lowest BCUT2D eigenvalue weighted by atomic mass is 10.1. The summed E-state index contributed by atoms with van der Waals surface area (Å²) in [7, 11) is 0. The SMILES string of the molecule is CCN(CC)CCC(=O)c1ccc(O)cc1. The van der Waals surface area contributed by atoms with E-state index in [1.807, 2.05) is 0 Å². The molecule has 88 valence electrons. The second-order valence-corrected chi connectivity index (χ2v) is 3.75. The molecule has 0 amide bonds. The molecule has 16 heavy (non-hydrogen) atoms. The maximum atomic E-state index is 11.8. The molecule has 0 atom stereocenters. The van der Waals surface area contributed by atoms with Crippen LogP contribution in [0.2, 0.25) is 0 Å². The number of phenols is 1. The molecule has 1 aromatic carbocycles. The van der Waals surface area contributed by atoms with E-state index < -0.39 is 0 Å². The highest BCUT2D eigenvalue weighted by molar-refractivity contribution is 5.96. The molecular weight excluding hydrogens is 202 g/mol. The average Bonchev–Trinajstić information content (AvgIpc) is 2.31. The Morgan fingerprint density at radius 1 is 1.19 bits per heavy atom. The van der Waals surface area contributed by atoms with Crippen LogP contribution in [0.3, 0.4) is 0 Å². The summed E-state index contributed by atoms with van der Waals surface area (Å²) in [5.41, 5.74) is 0.671. The lowest BCUT2D eigenvalue weighted by molar-refractivity contribution is 0.0966. The zero-order valence-electron chi connectivity index (χ0n) is 9.94. The summed E-state index contributed by atoms with van der Waals surface area (Å²) in [6.45, 7) is 6.93. The number of hydrogen-bond acceptors (Lipinski definition) is 3. The molecule has 0 radical (unpaired) electrons. The van der Waals surface area contributed by atoms with Gasteiger partial charge in [0.05, 0.1) is 0 Å². The van der Waals surface area contributed by atoms with Gasteiger partial charge in [-0.2, -0.15) is 0 Å². The van der Waals surface area contributed by atoms with Crippen molar-refractivity contribution in [1.29, 1.82) is 0 Å². The predicted molar refractivity (Wildman–Crippen MR) is 64.8 cm³/mol. The largest absolute Gasteiger partial charge is 0.508 e. The van der Waals surface area contributed by atoms with Crippen molar-refractivity contribution < 1.29 is 9.90 Å². The Kier molecular flexibility index (Phi) is 4.99. The number of nitrogens with zero attached hydrogens (tertiary/aromatic N) is 1. The standard InChI is InChI=1S/C13H19NO2/c1-3-14(4-2)10-9-13(16)11-5-7-12(15)8-6-11/h5-8,15H,3-4,9-10H2,1-2H3. The van der Waals surface area contributed by atoms with E-state index in [4.69, 9.17) is 5.11 Å². The Morgan fingerprint density at radius 3 is 2.25 bits per heavy atom. The summed E-state index contributed by atoms with van der Waals surface area (Å²) in [6, 6.07) is 6.43. The molecular formula is C13H19NO2.